The first-order valence-corrected chi connectivity index (χ1v) is 5.37. The number of carboxylic acid groups (broad SMARTS) is 1. The number of rotatable bonds is 4. The fourth-order valence-electron chi connectivity index (χ4n) is 1.42. The van der Waals surface area contributed by atoms with Crippen molar-refractivity contribution < 1.29 is 14.7 Å². The minimum Gasteiger partial charge on any atom is -0.477 e. The Kier molecular flexibility index (Phi) is 3.44. The van der Waals surface area contributed by atoms with E-state index in [1.807, 2.05) is 13.8 Å². The van der Waals surface area contributed by atoms with Crippen LogP contribution in [-0.2, 0) is 9.59 Å². The number of hydrogen-bond acceptors (Lipinski definition) is 3. The van der Waals surface area contributed by atoms with Crippen molar-refractivity contribution in [1.82, 2.24) is 5.32 Å². The lowest BCUT2D eigenvalue weighted by atomic mass is 10.1. The number of amides is 1. The van der Waals surface area contributed by atoms with Crippen LogP contribution in [0.3, 0.4) is 0 Å². The second-order valence-corrected chi connectivity index (χ2v) is 4.71. The van der Waals surface area contributed by atoms with Crippen LogP contribution in [-0.4, -0.2) is 22.7 Å². The van der Waals surface area contributed by atoms with Gasteiger partial charge in [-0.2, -0.15) is 12.6 Å². The zero-order chi connectivity index (χ0) is 11.6. The molecule has 0 aromatic carbocycles. The molecule has 0 saturated heterocycles. The van der Waals surface area contributed by atoms with Crippen LogP contribution in [0, 0.1) is 11.3 Å². The molecule has 0 spiro atoms. The quantitative estimate of drug-likeness (QED) is 0.498. The van der Waals surface area contributed by atoms with Crippen LogP contribution in [0.5, 0.6) is 0 Å². The molecule has 5 heteroatoms. The maximum atomic E-state index is 11.6. The lowest BCUT2D eigenvalue weighted by Crippen LogP contribution is -2.29. The van der Waals surface area contributed by atoms with Crippen molar-refractivity contribution in [2.45, 2.75) is 20.3 Å². The molecule has 1 aliphatic carbocycles. The van der Waals surface area contributed by atoms with Crippen molar-refractivity contribution >= 4 is 24.5 Å². The number of nitrogens with one attached hydrogen (secondary N) is 1. The highest BCUT2D eigenvalue weighted by atomic mass is 32.1. The highest BCUT2D eigenvalue weighted by Crippen LogP contribution is 2.51. The average molecular weight is 229 g/mol. The van der Waals surface area contributed by atoms with Crippen LogP contribution < -0.4 is 5.32 Å². The van der Waals surface area contributed by atoms with Crippen LogP contribution in [0.2, 0.25) is 0 Å². The predicted molar refractivity (Wildman–Crippen MR) is 59.6 cm³/mol. The van der Waals surface area contributed by atoms with Gasteiger partial charge in [-0.05, 0) is 17.9 Å². The lowest BCUT2D eigenvalue weighted by molar-refractivity contribution is -0.135. The molecule has 84 valence electrons. The standard InChI is InChI=1S/C10H15NO3S/c1-10(2)5-6(10)8(12)11-7(3-4-15)9(13)14/h3,6,15H,4-5H2,1-2H3,(H,11,12)(H,13,14)/b7-3-. The smallest absolute Gasteiger partial charge is 0.352 e. The third-order valence-corrected chi connectivity index (χ3v) is 2.80. The van der Waals surface area contributed by atoms with E-state index in [2.05, 4.69) is 17.9 Å². The van der Waals surface area contributed by atoms with Crippen LogP contribution >= 0.6 is 12.6 Å². The van der Waals surface area contributed by atoms with Gasteiger partial charge in [-0.3, -0.25) is 4.79 Å². The van der Waals surface area contributed by atoms with Gasteiger partial charge in [-0.25, -0.2) is 4.79 Å². The van der Waals surface area contributed by atoms with E-state index in [0.717, 1.165) is 6.42 Å². The maximum absolute atomic E-state index is 11.6. The van der Waals surface area contributed by atoms with Gasteiger partial charge >= 0.3 is 5.97 Å². The van der Waals surface area contributed by atoms with Gasteiger partial charge in [0.05, 0.1) is 0 Å². The second kappa shape index (κ2) is 4.26. The van der Waals surface area contributed by atoms with Crippen molar-refractivity contribution in [1.29, 1.82) is 0 Å². The Balaban J connectivity index is 2.57. The summed E-state index contributed by atoms with van der Waals surface area (Å²) in [5.74, 6) is -1.12. The normalized spacial score (nSPS) is 23.4. The molecule has 0 heterocycles. The zero-order valence-corrected chi connectivity index (χ0v) is 9.67. The van der Waals surface area contributed by atoms with Gasteiger partial charge in [-0.1, -0.05) is 13.8 Å². The number of carboxylic acids is 1. The maximum Gasteiger partial charge on any atom is 0.352 e. The van der Waals surface area contributed by atoms with Gasteiger partial charge in [-0.15, -0.1) is 0 Å². The van der Waals surface area contributed by atoms with Crippen LogP contribution in [0.25, 0.3) is 0 Å². The summed E-state index contributed by atoms with van der Waals surface area (Å²) in [5, 5.41) is 11.2. The molecule has 1 unspecified atom stereocenters. The summed E-state index contributed by atoms with van der Waals surface area (Å²) in [6.45, 7) is 3.97. The number of hydrogen-bond donors (Lipinski definition) is 3. The number of aliphatic carboxylic acids is 1. The molecular weight excluding hydrogens is 214 g/mol. The van der Waals surface area contributed by atoms with Gasteiger partial charge < -0.3 is 10.4 Å². The van der Waals surface area contributed by atoms with Crippen molar-refractivity contribution in [2.75, 3.05) is 5.75 Å². The molecule has 1 aliphatic rings. The van der Waals surface area contributed by atoms with Crippen LogP contribution in [0.1, 0.15) is 20.3 Å². The minimum atomic E-state index is -1.13. The molecule has 1 amide bonds. The lowest BCUT2D eigenvalue weighted by Gasteiger charge is -2.06. The SMILES string of the molecule is CC1(C)CC1C(=O)N/C(=C\CS)C(=O)O. The topological polar surface area (TPSA) is 66.4 Å². The molecule has 1 saturated carbocycles. The third-order valence-electron chi connectivity index (χ3n) is 2.61. The van der Waals surface area contributed by atoms with E-state index in [9.17, 15) is 9.59 Å². The van der Waals surface area contributed by atoms with E-state index in [-0.39, 0.29) is 28.7 Å². The summed E-state index contributed by atoms with van der Waals surface area (Å²) in [6, 6.07) is 0. The molecule has 4 nitrogen and oxygen atoms in total. The predicted octanol–water partition coefficient (Wildman–Crippen LogP) is 1.05. The van der Waals surface area contributed by atoms with Gasteiger partial charge in [0.15, 0.2) is 0 Å². The summed E-state index contributed by atoms with van der Waals surface area (Å²) in [4.78, 5) is 22.3. The molecular formula is C10H15NO3S. The molecule has 0 aromatic rings. The Hall–Kier alpha value is -0.970. The molecule has 1 fully saturated rings. The summed E-state index contributed by atoms with van der Waals surface area (Å²) in [5.41, 5.74) is -0.0769. The first-order valence-electron chi connectivity index (χ1n) is 4.73. The molecule has 1 atom stereocenters. The fraction of sp³-hybridized carbons (Fsp3) is 0.600. The molecule has 0 bridgehead atoms. The van der Waals surface area contributed by atoms with Crippen molar-refractivity contribution in [3.8, 4) is 0 Å². The third kappa shape index (κ3) is 2.99. The monoisotopic (exact) mass is 229 g/mol. The van der Waals surface area contributed by atoms with Crippen molar-refractivity contribution in [3.63, 3.8) is 0 Å². The highest BCUT2D eigenvalue weighted by Gasteiger charge is 2.50. The Labute approximate surface area is 94.2 Å². The molecule has 2 N–H and O–H groups in total. The van der Waals surface area contributed by atoms with Gasteiger partial charge in [0, 0.05) is 11.7 Å². The first kappa shape index (κ1) is 12.1. The zero-order valence-electron chi connectivity index (χ0n) is 8.78. The summed E-state index contributed by atoms with van der Waals surface area (Å²) in [6.07, 6.45) is 2.19. The summed E-state index contributed by atoms with van der Waals surface area (Å²) < 4.78 is 0. The van der Waals surface area contributed by atoms with Gasteiger partial charge in [0.2, 0.25) is 5.91 Å². The Morgan fingerprint density at radius 3 is 2.47 bits per heavy atom. The Bertz CT molecular complexity index is 323. The Morgan fingerprint density at radius 1 is 1.60 bits per heavy atom. The van der Waals surface area contributed by atoms with E-state index < -0.39 is 5.97 Å². The molecule has 0 radical (unpaired) electrons. The number of carbonyl (C=O) groups excluding carboxylic acids is 1. The van der Waals surface area contributed by atoms with Gasteiger partial charge in [0.25, 0.3) is 0 Å². The fourth-order valence-corrected chi connectivity index (χ4v) is 1.60. The van der Waals surface area contributed by atoms with E-state index in [4.69, 9.17) is 5.11 Å². The van der Waals surface area contributed by atoms with E-state index in [0.29, 0.717) is 0 Å². The number of thiol groups is 1. The van der Waals surface area contributed by atoms with Crippen LogP contribution in [0.15, 0.2) is 11.8 Å². The van der Waals surface area contributed by atoms with Crippen molar-refractivity contribution in [3.05, 3.63) is 11.8 Å². The molecule has 1 rings (SSSR count). The second-order valence-electron chi connectivity index (χ2n) is 4.34. The summed E-state index contributed by atoms with van der Waals surface area (Å²) in [7, 11) is 0. The number of carbonyl (C=O) groups is 2. The molecule has 15 heavy (non-hydrogen) atoms. The molecule has 0 aliphatic heterocycles. The molecule has 0 aromatic heterocycles. The van der Waals surface area contributed by atoms with E-state index in [1.54, 1.807) is 0 Å². The van der Waals surface area contributed by atoms with Crippen LogP contribution in [0.4, 0.5) is 0 Å². The largest absolute Gasteiger partial charge is 0.477 e. The first-order chi connectivity index (χ1) is 6.88. The van der Waals surface area contributed by atoms with E-state index >= 15 is 0 Å². The van der Waals surface area contributed by atoms with Crippen molar-refractivity contribution in [2.24, 2.45) is 11.3 Å². The highest BCUT2D eigenvalue weighted by molar-refractivity contribution is 7.80. The van der Waals surface area contributed by atoms with Gasteiger partial charge in [0.1, 0.15) is 5.70 Å². The van der Waals surface area contributed by atoms with E-state index in [1.165, 1.54) is 6.08 Å². The minimum absolute atomic E-state index is 0.00859. The Morgan fingerprint density at radius 2 is 2.13 bits per heavy atom. The average Bonchev–Trinajstić information content (AvgIpc) is 2.74. The summed E-state index contributed by atoms with van der Waals surface area (Å²) >= 11 is 3.89.